The van der Waals surface area contributed by atoms with Crippen molar-refractivity contribution >= 4 is 40.8 Å². The van der Waals surface area contributed by atoms with Gasteiger partial charge in [-0.3, -0.25) is 24.3 Å². The molecule has 0 saturated heterocycles. The number of nitrogens with zero attached hydrogens (tertiary/aromatic N) is 4. The summed E-state index contributed by atoms with van der Waals surface area (Å²) in [5, 5.41) is 3.30. The number of hydrogen-bond acceptors (Lipinski definition) is 5. The first-order chi connectivity index (χ1) is 19.5. The molecule has 2 aromatic carbocycles. The highest BCUT2D eigenvalue weighted by molar-refractivity contribution is 6.31. The fourth-order valence-corrected chi connectivity index (χ4v) is 5.44. The van der Waals surface area contributed by atoms with E-state index in [1.54, 1.807) is 58.6 Å². The van der Waals surface area contributed by atoms with Gasteiger partial charge in [-0.25, -0.2) is 4.98 Å². The molecule has 2 aromatic heterocycles. The zero-order chi connectivity index (χ0) is 27.6. The highest BCUT2D eigenvalue weighted by Crippen LogP contribution is 2.29. The Labute approximate surface area is 236 Å². The number of amides is 3. The van der Waals surface area contributed by atoms with Crippen LogP contribution < -0.4 is 10.2 Å². The lowest BCUT2D eigenvalue weighted by Gasteiger charge is -2.29. The zero-order valence-electron chi connectivity index (χ0n) is 21.6. The maximum absolute atomic E-state index is 13.8. The second-order valence-corrected chi connectivity index (χ2v) is 10.3. The van der Waals surface area contributed by atoms with E-state index in [1.165, 1.54) is 0 Å². The minimum atomic E-state index is -0.800. The van der Waals surface area contributed by atoms with Crippen molar-refractivity contribution < 1.29 is 14.4 Å². The summed E-state index contributed by atoms with van der Waals surface area (Å²) < 4.78 is 0. The molecule has 6 rings (SSSR count). The molecular formula is C31H26ClN5O3. The zero-order valence-corrected chi connectivity index (χ0v) is 22.3. The number of anilines is 2. The van der Waals surface area contributed by atoms with E-state index in [0.717, 1.165) is 24.0 Å². The van der Waals surface area contributed by atoms with Gasteiger partial charge in [0.2, 0.25) is 5.91 Å². The molecule has 0 fully saturated rings. The molecule has 4 heterocycles. The molecule has 2 aliphatic heterocycles. The fraction of sp³-hybridized carbons (Fsp3) is 0.194. The lowest BCUT2D eigenvalue weighted by molar-refractivity contribution is -0.120. The third-order valence-corrected chi connectivity index (χ3v) is 7.52. The molecule has 3 amide bonds. The lowest BCUT2D eigenvalue weighted by atomic mass is 10.0. The number of carbonyl (C=O) groups is 3. The van der Waals surface area contributed by atoms with E-state index in [0.29, 0.717) is 39.9 Å². The van der Waals surface area contributed by atoms with Crippen LogP contribution in [0.4, 0.5) is 11.5 Å². The number of aromatic nitrogens is 2. The van der Waals surface area contributed by atoms with Crippen LogP contribution in [0.1, 0.15) is 44.0 Å². The summed E-state index contributed by atoms with van der Waals surface area (Å²) in [7, 11) is 0. The lowest BCUT2D eigenvalue weighted by Crippen LogP contribution is -2.46. The number of aryl methyl sites for hydroxylation is 1. The Morgan fingerprint density at radius 2 is 1.80 bits per heavy atom. The Balaban J connectivity index is 1.28. The first-order valence-corrected chi connectivity index (χ1v) is 13.5. The van der Waals surface area contributed by atoms with Crippen molar-refractivity contribution in [2.75, 3.05) is 16.8 Å². The Bertz CT molecular complexity index is 1590. The third kappa shape index (κ3) is 5.05. The predicted octanol–water partition coefficient (Wildman–Crippen LogP) is 4.93. The van der Waals surface area contributed by atoms with Crippen LogP contribution in [-0.4, -0.2) is 45.2 Å². The van der Waals surface area contributed by atoms with Crippen LogP contribution in [-0.2, 0) is 24.2 Å². The molecule has 2 aliphatic rings. The van der Waals surface area contributed by atoms with E-state index >= 15 is 0 Å². The number of pyridine rings is 2. The summed E-state index contributed by atoms with van der Waals surface area (Å²) in [6.45, 7) is 0.787. The molecule has 200 valence electrons. The van der Waals surface area contributed by atoms with Gasteiger partial charge < -0.3 is 10.2 Å². The van der Waals surface area contributed by atoms with Gasteiger partial charge >= 0.3 is 0 Å². The van der Waals surface area contributed by atoms with Crippen LogP contribution in [0.15, 0.2) is 85.2 Å². The molecule has 0 unspecified atom stereocenters. The summed E-state index contributed by atoms with van der Waals surface area (Å²) in [5.41, 5.74) is 3.83. The standard InChI is InChI=1S/C31H26ClN5O3/c32-23-12-13-25-26(17-23)35-29(38)27(18-24-7-1-2-14-33-24)37(31(25)40)19-20-8-10-22(11-9-20)30(39)36-16-4-6-21-5-3-15-34-28(21)36/h1-3,5,7-15,17,27H,4,6,16,18-19H2,(H,35,38)/t27-/m1/s1. The summed E-state index contributed by atoms with van der Waals surface area (Å²) in [6, 6.07) is 20.6. The van der Waals surface area contributed by atoms with E-state index in [4.69, 9.17) is 11.6 Å². The second kappa shape index (κ2) is 10.9. The molecule has 4 aromatic rings. The number of nitrogens with one attached hydrogen (secondary N) is 1. The molecule has 1 N–H and O–H groups in total. The number of hydrogen-bond donors (Lipinski definition) is 1. The first kappa shape index (κ1) is 25.7. The van der Waals surface area contributed by atoms with Gasteiger partial charge in [-0.15, -0.1) is 0 Å². The highest BCUT2D eigenvalue weighted by Gasteiger charge is 2.36. The highest BCUT2D eigenvalue weighted by atomic mass is 35.5. The van der Waals surface area contributed by atoms with Gasteiger partial charge in [0.25, 0.3) is 11.8 Å². The maximum Gasteiger partial charge on any atom is 0.259 e. The van der Waals surface area contributed by atoms with E-state index in [-0.39, 0.29) is 30.7 Å². The second-order valence-electron chi connectivity index (χ2n) is 9.90. The predicted molar refractivity (Wildman–Crippen MR) is 152 cm³/mol. The summed E-state index contributed by atoms with van der Waals surface area (Å²) in [6.07, 6.45) is 5.40. The molecule has 0 saturated carbocycles. The number of rotatable bonds is 5. The molecule has 0 spiro atoms. The molecule has 0 radical (unpaired) electrons. The molecule has 1 atom stereocenters. The summed E-state index contributed by atoms with van der Waals surface area (Å²) in [4.78, 5) is 52.7. The van der Waals surface area contributed by atoms with Gasteiger partial charge in [0.1, 0.15) is 11.9 Å². The smallest absolute Gasteiger partial charge is 0.259 e. The normalized spacial score (nSPS) is 16.6. The first-order valence-electron chi connectivity index (χ1n) is 13.1. The summed E-state index contributed by atoms with van der Waals surface area (Å²) >= 11 is 6.16. The van der Waals surface area contributed by atoms with Gasteiger partial charge in [-0.1, -0.05) is 35.9 Å². The fourth-order valence-electron chi connectivity index (χ4n) is 5.27. The minimum Gasteiger partial charge on any atom is -0.323 e. The molecule has 8 nitrogen and oxygen atoms in total. The van der Waals surface area contributed by atoms with Gasteiger partial charge in [0, 0.05) is 48.2 Å². The third-order valence-electron chi connectivity index (χ3n) is 7.29. The Morgan fingerprint density at radius 3 is 2.60 bits per heavy atom. The van der Waals surface area contributed by atoms with Crippen molar-refractivity contribution in [2.24, 2.45) is 0 Å². The SMILES string of the molecule is O=C1Nc2cc(Cl)ccc2C(=O)N(Cc2ccc(C(=O)N3CCCc4cccnc43)cc2)[C@@H]1Cc1ccccn1. The van der Waals surface area contributed by atoms with Crippen molar-refractivity contribution in [1.82, 2.24) is 14.9 Å². The minimum absolute atomic E-state index is 0.115. The van der Waals surface area contributed by atoms with Crippen molar-refractivity contribution in [2.45, 2.75) is 31.8 Å². The van der Waals surface area contributed by atoms with Gasteiger partial charge in [0.05, 0.1) is 11.3 Å². The Morgan fingerprint density at radius 1 is 0.975 bits per heavy atom. The van der Waals surface area contributed by atoms with Crippen LogP contribution in [0, 0.1) is 0 Å². The summed E-state index contributed by atoms with van der Waals surface area (Å²) in [5.74, 6) is -0.0134. The van der Waals surface area contributed by atoms with Crippen molar-refractivity contribution in [3.8, 4) is 0 Å². The van der Waals surface area contributed by atoms with Crippen LogP contribution in [0.5, 0.6) is 0 Å². The topological polar surface area (TPSA) is 95.5 Å². The number of fused-ring (bicyclic) bond motifs is 2. The molecular weight excluding hydrogens is 526 g/mol. The maximum atomic E-state index is 13.8. The van der Waals surface area contributed by atoms with Crippen LogP contribution in [0.2, 0.25) is 5.02 Å². The quantitative estimate of drug-likeness (QED) is 0.379. The van der Waals surface area contributed by atoms with Gasteiger partial charge in [-0.2, -0.15) is 0 Å². The van der Waals surface area contributed by atoms with Crippen LogP contribution in [0.25, 0.3) is 0 Å². The van der Waals surface area contributed by atoms with E-state index < -0.39 is 6.04 Å². The van der Waals surface area contributed by atoms with Crippen molar-refractivity contribution in [1.29, 1.82) is 0 Å². The van der Waals surface area contributed by atoms with Gasteiger partial charge in [0.15, 0.2) is 0 Å². The van der Waals surface area contributed by atoms with Crippen molar-refractivity contribution in [3.05, 3.63) is 118 Å². The average Bonchev–Trinajstić information content (AvgIpc) is 3.07. The van der Waals surface area contributed by atoms with E-state index in [9.17, 15) is 14.4 Å². The molecule has 9 heteroatoms. The number of halogens is 1. The van der Waals surface area contributed by atoms with E-state index in [2.05, 4.69) is 15.3 Å². The number of carbonyl (C=O) groups excluding carboxylic acids is 3. The van der Waals surface area contributed by atoms with E-state index in [1.807, 2.05) is 36.4 Å². The molecule has 40 heavy (non-hydrogen) atoms. The largest absolute Gasteiger partial charge is 0.323 e. The average molecular weight is 552 g/mol. The van der Waals surface area contributed by atoms with Crippen molar-refractivity contribution in [3.63, 3.8) is 0 Å². The Hall–Kier alpha value is -4.56. The number of benzene rings is 2. The monoisotopic (exact) mass is 551 g/mol. The molecule has 0 bridgehead atoms. The van der Waals surface area contributed by atoms with Crippen LogP contribution >= 0.6 is 11.6 Å². The molecule has 0 aliphatic carbocycles. The van der Waals surface area contributed by atoms with Crippen LogP contribution in [0.3, 0.4) is 0 Å². The van der Waals surface area contributed by atoms with Gasteiger partial charge in [-0.05, 0) is 72.5 Å². The Kier molecular flexibility index (Phi) is 7.00.